The Kier molecular flexibility index (Phi) is 5.14. The Morgan fingerprint density at radius 3 is 2.63 bits per heavy atom. The van der Waals surface area contributed by atoms with Crippen LogP contribution in [0.1, 0.15) is 21.7 Å². The molecule has 9 heteroatoms. The molecule has 1 aromatic carbocycles. The highest BCUT2D eigenvalue weighted by Crippen LogP contribution is 2.46. The van der Waals surface area contributed by atoms with Gasteiger partial charge in [-0.3, -0.25) is 9.59 Å². The first-order valence-electron chi connectivity index (χ1n) is 8.07. The average molecular weight is 399 g/mol. The lowest BCUT2D eigenvalue weighted by molar-refractivity contribution is -0.227. The van der Waals surface area contributed by atoms with Crippen molar-refractivity contribution in [1.29, 1.82) is 0 Å². The van der Waals surface area contributed by atoms with E-state index in [1.165, 1.54) is 23.5 Å². The molecule has 0 spiro atoms. The van der Waals surface area contributed by atoms with Crippen molar-refractivity contribution < 1.29 is 32.6 Å². The largest absolute Gasteiger partial charge is 0.488 e. The number of hydrogen-bond acceptors (Lipinski definition) is 4. The average Bonchev–Trinajstić information content (AvgIpc) is 3.29. The first-order chi connectivity index (χ1) is 12.7. The standard InChI is InChI=1S/C18H16F3NO4S/c19-18(20,21)17(16(24)25)6-7-22(11-17)15(23)12-3-1-4-13(9-12)26-10-14-5-2-8-27-14/h1-5,8-9H,6-7,10-11H2,(H,24,25). The van der Waals surface area contributed by atoms with Crippen molar-refractivity contribution in [1.82, 2.24) is 4.90 Å². The van der Waals surface area contributed by atoms with Crippen molar-refractivity contribution in [3.05, 3.63) is 52.2 Å². The number of carboxylic acid groups (broad SMARTS) is 1. The molecule has 1 N–H and O–H groups in total. The van der Waals surface area contributed by atoms with Gasteiger partial charge >= 0.3 is 12.1 Å². The van der Waals surface area contributed by atoms with Crippen LogP contribution in [0.5, 0.6) is 5.75 Å². The summed E-state index contributed by atoms with van der Waals surface area (Å²) in [4.78, 5) is 25.8. The number of ether oxygens (including phenoxy) is 1. The summed E-state index contributed by atoms with van der Waals surface area (Å²) in [6.07, 6.45) is -5.59. The van der Waals surface area contributed by atoms with E-state index in [9.17, 15) is 22.8 Å². The highest BCUT2D eigenvalue weighted by molar-refractivity contribution is 7.09. The van der Waals surface area contributed by atoms with Crippen LogP contribution in [0.3, 0.4) is 0 Å². The number of aliphatic carboxylic acids is 1. The summed E-state index contributed by atoms with van der Waals surface area (Å²) in [5, 5.41) is 11.0. The molecule has 2 aromatic rings. The zero-order valence-electron chi connectivity index (χ0n) is 14.0. The fourth-order valence-electron chi connectivity index (χ4n) is 2.96. The smallest absolute Gasteiger partial charge is 0.406 e. The third kappa shape index (κ3) is 3.78. The molecule has 0 bridgehead atoms. The molecule has 0 saturated carbocycles. The molecule has 1 aromatic heterocycles. The maximum atomic E-state index is 13.3. The molecule has 1 saturated heterocycles. The van der Waals surface area contributed by atoms with E-state index in [1.807, 2.05) is 17.5 Å². The van der Waals surface area contributed by atoms with Gasteiger partial charge < -0.3 is 14.7 Å². The van der Waals surface area contributed by atoms with Gasteiger partial charge in [0, 0.05) is 23.5 Å². The van der Waals surface area contributed by atoms with Gasteiger partial charge in [0.15, 0.2) is 5.41 Å². The topological polar surface area (TPSA) is 66.8 Å². The number of likely N-dealkylation sites (tertiary alicyclic amines) is 1. The van der Waals surface area contributed by atoms with Crippen molar-refractivity contribution in [3.8, 4) is 5.75 Å². The number of nitrogens with zero attached hydrogens (tertiary/aromatic N) is 1. The number of carboxylic acids is 1. The van der Waals surface area contributed by atoms with Gasteiger partial charge in [0.25, 0.3) is 5.91 Å². The van der Waals surface area contributed by atoms with Gasteiger partial charge in [-0.1, -0.05) is 12.1 Å². The molecule has 144 valence electrons. The molecule has 1 unspecified atom stereocenters. The summed E-state index contributed by atoms with van der Waals surface area (Å²) in [6.45, 7) is -0.856. The molecular weight excluding hydrogens is 383 g/mol. The van der Waals surface area contributed by atoms with Gasteiger partial charge in [-0.05, 0) is 36.1 Å². The number of amides is 1. The highest BCUT2D eigenvalue weighted by Gasteiger charge is 2.64. The first-order valence-corrected chi connectivity index (χ1v) is 8.95. The number of alkyl halides is 3. The minimum atomic E-state index is -4.93. The fraction of sp³-hybridized carbons (Fsp3) is 0.333. The van der Waals surface area contributed by atoms with Crippen LogP contribution >= 0.6 is 11.3 Å². The minimum Gasteiger partial charge on any atom is -0.488 e. The second-order valence-corrected chi connectivity index (χ2v) is 7.29. The zero-order valence-corrected chi connectivity index (χ0v) is 14.8. The third-order valence-electron chi connectivity index (χ3n) is 4.55. The first kappa shape index (κ1) is 19.2. The lowest BCUT2D eigenvalue weighted by Gasteiger charge is -2.27. The molecule has 1 aliphatic rings. The lowest BCUT2D eigenvalue weighted by Crippen LogP contribution is -2.47. The number of carbonyl (C=O) groups is 2. The maximum absolute atomic E-state index is 13.3. The van der Waals surface area contributed by atoms with E-state index in [0.717, 1.165) is 9.78 Å². The monoisotopic (exact) mass is 399 g/mol. The number of halogens is 3. The Bertz CT molecular complexity index is 837. The van der Waals surface area contributed by atoms with E-state index >= 15 is 0 Å². The number of benzene rings is 1. The predicted molar refractivity (Wildman–Crippen MR) is 91.7 cm³/mol. The van der Waals surface area contributed by atoms with Crippen LogP contribution in [-0.2, 0) is 11.4 Å². The van der Waals surface area contributed by atoms with Crippen LogP contribution in [0.2, 0.25) is 0 Å². The third-order valence-corrected chi connectivity index (χ3v) is 5.40. The van der Waals surface area contributed by atoms with Gasteiger partial charge in [-0.2, -0.15) is 13.2 Å². The van der Waals surface area contributed by atoms with Gasteiger partial charge in [0.1, 0.15) is 12.4 Å². The Balaban J connectivity index is 1.73. The Morgan fingerprint density at radius 2 is 2.04 bits per heavy atom. The quantitative estimate of drug-likeness (QED) is 0.831. The van der Waals surface area contributed by atoms with Gasteiger partial charge in [0.05, 0.1) is 0 Å². The molecular formula is C18H16F3NO4S. The van der Waals surface area contributed by atoms with Crippen molar-refractivity contribution >= 4 is 23.2 Å². The SMILES string of the molecule is O=C(c1cccc(OCc2cccs2)c1)N1CCC(C(=O)O)(C(F)(F)F)C1. The van der Waals surface area contributed by atoms with E-state index in [2.05, 4.69) is 0 Å². The van der Waals surface area contributed by atoms with E-state index in [-0.39, 0.29) is 12.1 Å². The van der Waals surface area contributed by atoms with E-state index in [0.29, 0.717) is 12.4 Å². The summed E-state index contributed by atoms with van der Waals surface area (Å²) in [5.41, 5.74) is -2.77. The number of carbonyl (C=O) groups excluding carboxylic acids is 1. The molecule has 3 rings (SSSR count). The van der Waals surface area contributed by atoms with Crippen LogP contribution in [-0.4, -0.2) is 41.1 Å². The molecule has 2 heterocycles. The fourth-order valence-corrected chi connectivity index (χ4v) is 3.58. The van der Waals surface area contributed by atoms with Gasteiger partial charge in [-0.25, -0.2) is 0 Å². The second kappa shape index (κ2) is 7.22. The molecule has 27 heavy (non-hydrogen) atoms. The van der Waals surface area contributed by atoms with E-state index in [4.69, 9.17) is 9.84 Å². The number of hydrogen-bond donors (Lipinski definition) is 1. The van der Waals surface area contributed by atoms with Crippen molar-refractivity contribution in [2.24, 2.45) is 5.41 Å². The summed E-state index contributed by atoms with van der Waals surface area (Å²) >= 11 is 1.52. The molecule has 0 aliphatic carbocycles. The van der Waals surface area contributed by atoms with Crippen LogP contribution in [0, 0.1) is 5.41 Å². The Hall–Kier alpha value is -2.55. The summed E-state index contributed by atoms with van der Waals surface area (Å²) in [6, 6.07) is 9.91. The minimum absolute atomic E-state index is 0.155. The second-order valence-electron chi connectivity index (χ2n) is 6.26. The molecule has 5 nitrogen and oxygen atoms in total. The van der Waals surface area contributed by atoms with E-state index in [1.54, 1.807) is 12.1 Å². The zero-order chi connectivity index (χ0) is 19.7. The van der Waals surface area contributed by atoms with Crippen molar-refractivity contribution in [2.45, 2.75) is 19.2 Å². The Labute approximate surface area is 157 Å². The predicted octanol–water partition coefficient (Wildman–Crippen LogP) is 3.81. The van der Waals surface area contributed by atoms with Crippen LogP contribution in [0.4, 0.5) is 13.2 Å². The molecule has 1 atom stereocenters. The molecule has 1 amide bonds. The van der Waals surface area contributed by atoms with Crippen molar-refractivity contribution in [3.63, 3.8) is 0 Å². The van der Waals surface area contributed by atoms with Crippen LogP contribution in [0.25, 0.3) is 0 Å². The molecule has 0 radical (unpaired) electrons. The number of rotatable bonds is 5. The van der Waals surface area contributed by atoms with Gasteiger partial charge in [-0.15, -0.1) is 11.3 Å². The maximum Gasteiger partial charge on any atom is 0.406 e. The van der Waals surface area contributed by atoms with Crippen LogP contribution in [0.15, 0.2) is 41.8 Å². The summed E-state index contributed by atoms with van der Waals surface area (Å²) < 4.78 is 45.4. The normalized spacial score (nSPS) is 19.9. The number of thiophene rings is 1. The van der Waals surface area contributed by atoms with Gasteiger partial charge in [0.2, 0.25) is 0 Å². The Morgan fingerprint density at radius 1 is 1.26 bits per heavy atom. The lowest BCUT2D eigenvalue weighted by atomic mass is 9.86. The van der Waals surface area contributed by atoms with E-state index < -0.39 is 36.4 Å². The molecule has 1 fully saturated rings. The highest BCUT2D eigenvalue weighted by atomic mass is 32.1. The van der Waals surface area contributed by atoms with Crippen LogP contribution < -0.4 is 4.74 Å². The molecule has 1 aliphatic heterocycles. The van der Waals surface area contributed by atoms with Crippen molar-refractivity contribution in [2.75, 3.05) is 13.1 Å². The summed E-state index contributed by atoms with van der Waals surface area (Å²) in [5.74, 6) is -2.20. The summed E-state index contributed by atoms with van der Waals surface area (Å²) in [7, 11) is 0.